The lowest BCUT2D eigenvalue weighted by Gasteiger charge is -2.30. The van der Waals surface area contributed by atoms with Crippen molar-refractivity contribution >= 4 is 39.7 Å². The van der Waals surface area contributed by atoms with Crippen LogP contribution in [0.1, 0.15) is 50.2 Å². The van der Waals surface area contributed by atoms with Crippen molar-refractivity contribution in [2.45, 2.75) is 57.7 Å². The number of unbranched alkanes of at least 4 members (excludes halogenated alkanes) is 1. The van der Waals surface area contributed by atoms with Gasteiger partial charge in [0.15, 0.2) is 5.65 Å². The largest absolute Gasteiger partial charge is 0.343 e. The number of carbonyl (C=O) groups excluding carboxylic acids is 1. The molecule has 0 radical (unpaired) electrons. The molecule has 1 aliphatic heterocycles. The van der Waals surface area contributed by atoms with Gasteiger partial charge in [-0.1, -0.05) is 66.7 Å². The van der Waals surface area contributed by atoms with E-state index in [9.17, 15) is 4.79 Å². The molecule has 0 spiro atoms. The minimum atomic E-state index is 0.307. The standard InChI is InChI=1S/C28H33N5OS/c1-20-10-12-22(13-11-20)19-33-24-8-4-3-7-23(24)26-27(33)29-28(31-30-26)35-18-6-5-9-25(34)32-16-14-21(2)15-17-32/h3-4,7-8,10-13,21H,5-6,9,14-19H2,1-2H3. The van der Waals surface area contributed by atoms with Gasteiger partial charge in [0.05, 0.1) is 5.52 Å². The van der Waals surface area contributed by atoms with Crippen molar-refractivity contribution in [2.75, 3.05) is 18.8 Å². The normalized spacial score (nSPS) is 14.7. The first-order valence-electron chi connectivity index (χ1n) is 12.7. The molecule has 1 aliphatic rings. The fourth-order valence-electron chi connectivity index (χ4n) is 4.74. The molecule has 3 heterocycles. The van der Waals surface area contributed by atoms with Crippen LogP contribution in [0, 0.1) is 12.8 Å². The maximum atomic E-state index is 12.5. The van der Waals surface area contributed by atoms with Gasteiger partial charge in [-0.05, 0) is 50.2 Å². The highest BCUT2D eigenvalue weighted by Gasteiger charge is 2.20. The zero-order valence-electron chi connectivity index (χ0n) is 20.6. The number of likely N-dealkylation sites (tertiary alicyclic amines) is 1. The lowest BCUT2D eigenvalue weighted by molar-refractivity contribution is -0.132. The molecule has 4 aromatic rings. The predicted octanol–water partition coefficient (Wildman–Crippen LogP) is 5.86. The quantitative estimate of drug-likeness (QED) is 0.230. The number of piperidine rings is 1. The van der Waals surface area contributed by atoms with Crippen LogP contribution in [0.15, 0.2) is 53.7 Å². The molecule has 1 saturated heterocycles. The zero-order valence-corrected chi connectivity index (χ0v) is 21.4. The second kappa shape index (κ2) is 10.8. The number of aromatic nitrogens is 4. The molecule has 2 aromatic carbocycles. The van der Waals surface area contributed by atoms with E-state index in [1.807, 2.05) is 11.0 Å². The first-order valence-corrected chi connectivity index (χ1v) is 13.6. The summed E-state index contributed by atoms with van der Waals surface area (Å²) in [6.45, 7) is 6.96. The van der Waals surface area contributed by atoms with E-state index in [4.69, 9.17) is 4.98 Å². The second-order valence-corrected chi connectivity index (χ2v) is 10.8. The Kier molecular flexibility index (Phi) is 7.32. The highest BCUT2D eigenvalue weighted by Crippen LogP contribution is 2.28. The van der Waals surface area contributed by atoms with Gasteiger partial charge in [0.25, 0.3) is 0 Å². The average Bonchev–Trinajstić information content (AvgIpc) is 3.18. The van der Waals surface area contributed by atoms with E-state index < -0.39 is 0 Å². The van der Waals surface area contributed by atoms with Crippen LogP contribution in [0.25, 0.3) is 22.1 Å². The predicted molar refractivity (Wildman–Crippen MR) is 143 cm³/mol. The van der Waals surface area contributed by atoms with Crippen molar-refractivity contribution in [3.05, 3.63) is 59.7 Å². The van der Waals surface area contributed by atoms with Crippen LogP contribution in [0.5, 0.6) is 0 Å². The maximum Gasteiger partial charge on any atom is 0.222 e. The molecule has 1 amide bonds. The van der Waals surface area contributed by atoms with Crippen molar-refractivity contribution in [1.82, 2.24) is 24.6 Å². The molecule has 0 bridgehead atoms. The van der Waals surface area contributed by atoms with E-state index in [0.29, 0.717) is 17.5 Å². The van der Waals surface area contributed by atoms with Crippen molar-refractivity contribution in [3.63, 3.8) is 0 Å². The number of fused-ring (bicyclic) bond motifs is 3. The Morgan fingerprint density at radius 2 is 1.80 bits per heavy atom. The molecule has 2 aromatic heterocycles. The summed E-state index contributed by atoms with van der Waals surface area (Å²) < 4.78 is 2.24. The van der Waals surface area contributed by atoms with Crippen molar-refractivity contribution < 1.29 is 4.79 Å². The third-order valence-corrected chi connectivity index (χ3v) is 7.89. The maximum absolute atomic E-state index is 12.5. The first-order chi connectivity index (χ1) is 17.1. The second-order valence-electron chi connectivity index (χ2n) is 9.72. The number of para-hydroxylation sites is 1. The summed E-state index contributed by atoms with van der Waals surface area (Å²) >= 11 is 1.63. The number of carbonyl (C=O) groups is 1. The molecule has 0 unspecified atom stereocenters. The van der Waals surface area contributed by atoms with Gasteiger partial charge in [-0.25, -0.2) is 4.98 Å². The molecule has 6 nitrogen and oxygen atoms in total. The zero-order chi connectivity index (χ0) is 24.2. The number of aryl methyl sites for hydroxylation is 1. The summed E-state index contributed by atoms with van der Waals surface area (Å²) in [7, 11) is 0. The summed E-state index contributed by atoms with van der Waals surface area (Å²) in [5, 5.41) is 10.8. The summed E-state index contributed by atoms with van der Waals surface area (Å²) in [6.07, 6.45) is 4.78. The Morgan fingerprint density at radius 3 is 2.60 bits per heavy atom. The van der Waals surface area contributed by atoms with Gasteiger partial charge in [-0.3, -0.25) is 4.79 Å². The van der Waals surface area contributed by atoms with E-state index in [0.717, 1.165) is 79.1 Å². The SMILES string of the molecule is Cc1ccc(Cn2c3ccccc3c3nnc(SCCCCC(=O)N4CCC(C)CC4)nc32)cc1. The van der Waals surface area contributed by atoms with E-state index >= 15 is 0 Å². The molecule has 182 valence electrons. The Labute approximate surface area is 211 Å². The summed E-state index contributed by atoms with van der Waals surface area (Å²) in [5.74, 6) is 1.94. The third-order valence-electron chi connectivity index (χ3n) is 6.97. The summed E-state index contributed by atoms with van der Waals surface area (Å²) in [6, 6.07) is 16.9. The number of nitrogens with zero attached hydrogens (tertiary/aromatic N) is 5. The number of amides is 1. The van der Waals surface area contributed by atoms with Crippen LogP contribution in [0.2, 0.25) is 0 Å². The number of rotatable bonds is 8. The molecule has 0 atom stereocenters. The monoisotopic (exact) mass is 487 g/mol. The van der Waals surface area contributed by atoms with Gasteiger partial charge >= 0.3 is 0 Å². The fourth-order valence-corrected chi connectivity index (χ4v) is 5.52. The molecule has 0 aliphatic carbocycles. The molecule has 0 saturated carbocycles. The molecular weight excluding hydrogens is 454 g/mol. The number of hydrogen-bond acceptors (Lipinski definition) is 5. The summed E-state index contributed by atoms with van der Waals surface area (Å²) in [5.41, 5.74) is 5.33. The average molecular weight is 488 g/mol. The van der Waals surface area contributed by atoms with Crippen LogP contribution < -0.4 is 0 Å². The highest BCUT2D eigenvalue weighted by atomic mass is 32.2. The lowest BCUT2D eigenvalue weighted by atomic mass is 9.99. The van der Waals surface area contributed by atoms with Crippen molar-refractivity contribution in [3.8, 4) is 0 Å². The number of thioether (sulfide) groups is 1. The fraction of sp³-hybridized carbons (Fsp3) is 0.429. The third kappa shape index (κ3) is 5.50. The van der Waals surface area contributed by atoms with Gasteiger partial charge in [0.2, 0.25) is 11.1 Å². The smallest absolute Gasteiger partial charge is 0.222 e. The van der Waals surface area contributed by atoms with Gasteiger partial charge in [0.1, 0.15) is 5.52 Å². The number of benzene rings is 2. The topological polar surface area (TPSA) is 63.9 Å². The van der Waals surface area contributed by atoms with Crippen LogP contribution >= 0.6 is 11.8 Å². The van der Waals surface area contributed by atoms with Crippen LogP contribution in [-0.4, -0.2) is 49.4 Å². The molecule has 35 heavy (non-hydrogen) atoms. The van der Waals surface area contributed by atoms with Crippen LogP contribution in [-0.2, 0) is 11.3 Å². The van der Waals surface area contributed by atoms with Crippen molar-refractivity contribution in [1.29, 1.82) is 0 Å². The Hall–Kier alpha value is -2.93. The van der Waals surface area contributed by atoms with Crippen LogP contribution in [0.3, 0.4) is 0 Å². The minimum absolute atomic E-state index is 0.307. The van der Waals surface area contributed by atoms with E-state index in [1.54, 1.807) is 11.8 Å². The Balaban J connectivity index is 1.24. The Morgan fingerprint density at radius 1 is 1.03 bits per heavy atom. The van der Waals surface area contributed by atoms with Crippen LogP contribution in [0.4, 0.5) is 0 Å². The van der Waals surface area contributed by atoms with E-state index in [1.165, 1.54) is 11.1 Å². The van der Waals surface area contributed by atoms with Gasteiger partial charge in [-0.2, -0.15) is 0 Å². The summed E-state index contributed by atoms with van der Waals surface area (Å²) in [4.78, 5) is 19.4. The molecular formula is C28H33N5OS. The van der Waals surface area contributed by atoms with E-state index in [-0.39, 0.29) is 0 Å². The lowest BCUT2D eigenvalue weighted by Crippen LogP contribution is -2.37. The molecule has 7 heteroatoms. The molecule has 0 N–H and O–H groups in total. The molecule has 5 rings (SSSR count). The van der Waals surface area contributed by atoms with Gasteiger partial charge in [-0.15, -0.1) is 10.2 Å². The highest BCUT2D eigenvalue weighted by molar-refractivity contribution is 7.99. The Bertz CT molecular complexity index is 1310. The minimum Gasteiger partial charge on any atom is -0.343 e. The van der Waals surface area contributed by atoms with Gasteiger partial charge < -0.3 is 9.47 Å². The number of hydrogen-bond donors (Lipinski definition) is 0. The first kappa shape index (κ1) is 23.8. The molecule has 1 fully saturated rings. The van der Waals surface area contributed by atoms with E-state index in [2.05, 4.69) is 71.1 Å². The van der Waals surface area contributed by atoms with Gasteiger partial charge in [0, 0.05) is 37.2 Å². The van der Waals surface area contributed by atoms with Crippen molar-refractivity contribution in [2.24, 2.45) is 5.92 Å².